The van der Waals surface area contributed by atoms with E-state index < -0.39 is 6.09 Å². The number of hydrogen-bond donors (Lipinski definition) is 4. The second-order valence-electron chi connectivity index (χ2n) is 9.97. The Morgan fingerprint density at radius 2 is 1.87 bits per heavy atom. The van der Waals surface area contributed by atoms with Gasteiger partial charge in [0.05, 0.1) is 5.52 Å². The first-order chi connectivity index (χ1) is 18.3. The van der Waals surface area contributed by atoms with Gasteiger partial charge in [-0.05, 0) is 85.2 Å². The molecule has 2 amide bonds. The van der Waals surface area contributed by atoms with E-state index in [0.717, 1.165) is 58.0 Å². The van der Waals surface area contributed by atoms with Crippen molar-refractivity contribution in [3.63, 3.8) is 0 Å². The first-order valence-corrected chi connectivity index (χ1v) is 12.8. The van der Waals surface area contributed by atoms with E-state index in [1.807, 2.05) is 67.7 Å². The lowest BCUT2D eigenvalue weighted by molar-refractivity contribution is 0.0951. The molecule has 4 aromatic rings. The minimum Gasteiger partial charge on any atom is -0.465 e. The number of carbonyl (C=O) groups excluding carboxylic acids is 1. The summed E-state index contributed by atoms with van der Waals surface area (Å²) in [5.74, 6) is 0.530. The van der Waals surface area contributed by atoms with E-state index in [9.17, 15) is 9.59 Å². The molecule has 3 aromatic carbocycles. The minimum absolute atomic E-state index is 0.0219. The lowest BCUT2D eigenvalue weighted by atomic mass is 9.97. The van der Waals surface area contributed by atoms with Crippen LogP contribution in [0.15, 0.2) is 66.9 Å². The fourth-order valence-corrected chi connectivity index (χ4v) is 4.51. The fourth-order valence-electron chi connectivity index (χ4n) is 4.51. The zero-order valence-corrected chi connectivity index (χ0v) is 21.5. The number of anilines is 1. The predicted octanol–water partition coefficient (Wildman–Crippen LogP) is 5.31. The molecule has 1 aliphatic rings. The van der Waals surface area contributed by atoms with Crippen molar-refractivity contribution in [2.24, 2.45) is 0 Å². The van der Waals surface area contributed by atoms with E-state index in [2.05, 4.69) is 33.9 Å². The molecule has 1 heterocycles. The summed E-state index contributed by atoms with van der Waals surface area (Å²) in [5.41, 5.74) is 6.66. The van der Waals surface area contributed by atoms with Crippen LogP contribution in [0.1, 0.15) is 46.8 Å². The lowest BCUT2D eigenvalue weighted by Crippen LogP contribution is -2.25. The average molecular weight is 510 g/mol. The number of nitrogens with zero attached hydrogens (tertiary/aromatic N) is 2. The summed E-state index contributed by atoms with van der Waals surface area (Å²) >= 11 is 0. The summed E-state index contributed by atoms with van der Waals surface area (Å²) < 4.78 is 0. The highest BCUT2D eigenvalue weighted by Gasteiger charge is 2.24. The van der Waals surface area contributed by atoms with E-state index in [0.29, 0.717) is 17.6 Å². The topological polar surface area (TPSA) is 116 Å². The van der Waals surface area contributed by atoms with Crippen LogP contribution in [0, 0.1) is 6.92 Å². The van der Waals surface area contributed by atoms with Crippen LogP contribution in [0.5, 0.6) is 0 Å². The highest BCUT2D eigenvalue weighted by atomic mass is 16.4. The average Bonchev–Trinajstić information content (AvgIpc) is 3.71. The summed E-state index contributed by atoms with van der Waals surface area (Å²) in [7, 11) is 0. The maximum atomic E-state index is 12.6. The Labute approximate surface area is 221 Å². The van der Waals surface area contributed by atoms with Crippen LogP contribution in [0.4, 0.5) is 10.7 Å². The second kappa shape index (κ2) is 10.9. The molecule has 1 aromatic heterocycles. The van der Waals surface area contributed by atoms with Crippen molar-refractivity contribution in [3.8, 4) is 11.1 Å². The van der Waals surface area contributed by atoms with Gasteiger partial charge in [0.2, 0.25) is 5.95 Å². The van der Waals surface area contributed by atoms with Gasteiger partial charge in [-0.25, -0.2) is 14.8 Å². The molecule has 1 fully saturated rings. The molecule has 0 bridgehead atoms. The van der Waals surface area contributed by atoms with Gasteiger partial charge in [-0.3, -0.25) is 4.79 Å². The number of hydrogen-bond acceptors (Lipinski definition) is 5. The summed E-state index contributed by atoms with van der Waals surface area (Å²) in [5, 5.41) is 18.6. The molecule has 1 unspecified atom stereocenters. The molecule has 0 aliphatic heterocycles. The summed E-state index contributed by atoms with van der Waals surface area (Å²) in [4.78, 5) is 32.6. The van der Waals surface area contributed by atoms with Crippen LogP contribution in [-0.4, -0.2) is 39.2 Å². The third-order valence-corrected chi connectivity index (χ3v) is 6.66. The molecule has 194 valence electrons. The second-order valence-corrected chi connectivity index (χ2v) is 9.97. The first kappa shape index (κ1) is 25.2. The Bertz CT molecular complexity index is 1500. The van der Waals surface area contributed by atoms with Crippen molar-refractivity contribution in [2.75, 3.05) is 5.32 Å². The van der Waals surface area contributed by atoms with Crippen LogP contribution in [0.3, 0.4) is 0 Å². The van der Waals surface area contributed by atoms with E-state index in [-0.39, 0.29) is 18.5 Å². The number of rotatable bonds is 9. The summed E-state index contributed by atoms with van der Waals surface area (Å²) in [6, 6.07) is 20.2. The molecule has 5 rings (SSSR count). The Balaban J connectivity index is 1.28. The summed E-state index contributed by atoms with van der Waals surface area (Å²) in [6.45, 7) is 4.39. The number of carboxylic acid groups (broad SMARTS) is 1. The normalized spacial score (nSPS) is 13.6. The standard InChI is InChI=1S/C30H31N5O3/c1-18-6-7-23(28(36)34-25-9-10-25)15-26(18)22-8-11-27-24(14-22)17-31-29(35-27)33-19(2)12-20-4-3-5-21(13-20)16-32-30(37)38/h3-8,11,13-15,17,19,25,32H,9-10,12,16H2,1-2H3,(H,34,36)(H,37,38)(H,31,33,35). The SMILES string of the molecule is Cc1ccc(C(=O)NC2CC2)cc1-c1ccc2nc(NC(C)Cc3cccc(CNC(=O)O)c3)ncc2c1. The van der Waals surface area contributed by atoms with Gasteiger partial charge in [0.15, 0.2) is 0 Å². The molecule has 1 atom stereocenters. The number of carbonyl (C=O) groups is 2. The lowest BCUT2D eigenvalue weighted by Gasteiger charge is -2.15. The van der Waals surface area contributed by atoms with Gasteiger partial charge in [-0.1, -0.05) is 36.4 Å². The van der Waals surface area contributed by atoms with Crippen molar-refractivity contribution in [1.29, 1.82) is 0 Å². The van der Waals surface area contributed by atoms with Gasteiger partial charge in [0.1, 0.15) is 0 Å². The zero-order valence-electron chi connectivity index (χ0n) is 21.5. The monoisotopic (exact) mass is 509 g/mol. The van der Waals surface area contributed by atoms with Crippen molar-refractivity contribution in [3.05, 3.63) is 89.1 Å². The van der Waals surface area contributed by atoms with Crippen molar-refractivity contribution in [2.45, 2.75) is 51.7 Å². The van der Waals surface area contributed by atoms with E-state index >= 15 is 0 Å². The van der Waals surface area contributed by atoms with Gasteiger partial charge in [0.25, 0.3) is 5.91 Å². The summed E-state index contributed by atoms with van der Waals surface area (Å²) in [6.07, 6.45) is 3.64. The van der Waals surface area contributed by atoms with Gasteiger partial charge in [-0.2, -0.15) is 0 Å². The van der Waals surface area contributed by atoms with E-state index in [4.69, 9.17) is 10.1 Å². The van der Waals surface area contributed by atoms with Crippen LogP contribution in [0.2, 0.25) is 0 Å². The van der Waals surface area contributed by atoms with Crippen LogP contribution >= 0.6 is 0 Å². The zero-order chi connectivity index (χ0) is 26.6. The van der Waals surface area contributed by atoms with Crippen LogP contribution in [-0.2, 0) is 13.0 Å². The molecule has 8 nitrogen and oxygen atoms in total. The Morgan fingerprint density at radius 1 is 1.05 bits per heavy atom. The Hall–Kier alpha value is -4.46. The number of fused-ring (bicyclic) bond motifs is 1. The van der Waals surface area contributed by atoms with Crippen LogP contribution < -0.4 is 16.0 Å². The van der Waals surface area contributed by atoms with Gasteiger partial charge in [0, 0.05) is 35.8 Å². The Kier molecular flexibility index (Phi) is 7.22. The highest BCUT2D eigenvalue weighted by Crippen LogP contribution is 2.28. The van der Waals surface area contributed by atoms with Crippen LogP contribution in [0.25, 0.3) is 22.0 Å². The number of aromatic nitrogens is 2. The van der Waals surface area contributed by atoms with Gasteiger partial charge in [-0.15, -0.1) is 0 Å². The first-order valence-electron chi connectivity index (χ1n) is 12.8. The number of nitrogens with one attached hydrogen (secondary N) is 3. The third-order valence-electron chi connectivity index (χ3n) is 6.66. The molecule has 4 N–H and O–H groups in total. The molecule has 0 saturated heterocycles. The third kappa shape index (κ3) is 6.26. The number of benzene rings is 3. The van der Waals surface area contributed by atoms with E-state index in [1.165, 1.54) is 0 Å². The van der Waals surface area contributed by atoms with Crippen molar-refractivity contribution >= 4 is 28.9 Å². The van der Waals surface area contributed by atoms with Gasteiger partial charge >= 0.3 is 6.09 Å². The van der Waals surface area contributed by atoms with Crippen molar-refractivity contribution in [1.82, 2.24) is 20.6 Å². The van der Waals surface area contributed by atoms with E-state index in [1.54, 1.807) is 0 Å². The molecular formula is C30H31N5O3. The van der Waals surface area contributed by atoms with Crippen molar-refractivity contribution < 1.29 is 14.7 Å². The minimum atomic E-state index is -1.04. The van der Waals surface area contributed by atoms with Gasteiger partial charge < -0.3 is 21.1 Å². The number of amides is 2. The highest BCUT2D eigenvalue weighted by molar-refractivity contribution is 5.96. The maximum absolute atomic E-state index is 12.6. The number of aryl methyl sites for hydroxylation is 1. The molecule has 0 spiro atoms. The largest absolute Gasteiger partial charge is 0.465 e. The Morgan fingerprint density at radius 3 is 2.66 bits per heavy atom. The smallest absolute Gasteiger partial charge is 0.404 e. The molecule has 1 aliphatic carbocycles. The molecule has 8 heteroatoms. The molecular weight excluding hydrogens is 478 g/mol. The predicted molar refractivity (Wildman–Crippen MR) is 148 cm³/mol. The molecule has 1 saturated carbocycles. The molecule has 38 heavy (non-hydrogen) atoms. The fraction of sp³-hybridized carbons (Fsp3) is 0.267. The quantitative estimate of drug-likeness (QED) is 0.243. The molecule has 0 radical (unpaired) electrons. The maximum Gasteiger partial charge on any atom is 0.404 e.